The van der Waals surface area contributed by atoms with Crippen molar-refractivity contribution < 1.29 is 10.2 Å². The Morgan fingerprint density at radius 3 is 1.22 bits per heavy atom. The van der Waals surface area contributed by atoms with E-state index in [1.807, 2.05) is 0 Å². The van der Waals surface area contributed by atoms with Crippen molar-refractivity contribution in [2.45, 2.75) is 87.5 Å². The van der Waals surface area contributed by atoms with E-state index in [1.54, 1.807) is 0 Å². The van der Waals surface area contributed by atoms with E-state index in [2.05, 4.69) is 5.32 Å². The van der Waals surface area contributed by atoms with Crippen LogP contribution < -0.4 is 5.32 Å². The molecule has 0 spiro atoms. The molecule has 0 aromatic rings. The highest BCUT2D eigenvalue weighted by Gasteiger charge is 2.58. The SMILES string of the molecule is OC12CC3CC(C1)C(NC1C4CC5CC1CC(O)(C5)C4)C(C3)C2. The Morgan fingerprint density at radius 2 is 0.913 bits per heavy atom. The van der Waals surface area contributed by atoms with E-state index in [-0.39, 0.29) is 11.2 Å². The minimum atomic E-state index is -0.312. The van der Waals surface area contributed by atoms with Crippen LogP contribution in [0.5, 0.6) is 0 Å². The second kappa shape index (κ2) is 4.34. The van der Waals surface area contributed by atoms with Gasteiger partial charge in [-0.3, -0.25) is 0 Å². The summed E-state index contributed by atoms with van der Waals surface area (Å²) in [5.41, 5.74) is -0.623. The zero-order valence-electron chi connectivity index (χ0n) is 14.1. The summed E-state index contributed by atoms with van der Waals surface area (Å²) in [4.78, 5) is 0. The molecule has 8 aliphatic carbocycles. The summed E-state index contributed by atoms with van der Waals surface area (Å²) < 4.78 is 0. The third-order valence-corrected chi connectivity index (χ3v) is 8.87. The van der Waals surface area contributed by atoms with Gasteiger partial charge in [0.1, 0.15) is 0 Å². The number of nitrogens with one attached hydrogen (secondary N) is 1. The Labute approximate surface area is 139 Å². The first kappa shape index (κ1) is 14.1. The Bertz CT molecular complexity index is 456. The van der Waals surface area contributed by atoms with E-state index >= 15 is 0 Å². The first-order valence-electron chi connectivity index (χ1n) is 10.2. The molecule has 3 nitrogen and oxygen atoms in total. The lowest BCUT2D eigenvalue weighted by atomic mass is 9.50. The van der Waals surface area contributed by atoms with Crippen molar-refractivity contribution >= 4 is 0 Å². The maximum Gasteiger partial charge on any atom is 0.0657 e. The molecule has 4 atom stereocenters. The highest BCUT2D eigenvalue weighted by molar-refractivity contribution is 5.12. The van der Waals surface area contributed by atoms with Crippen LogP contribution in [0.1, 0.15) is 64.2 Å². The predicted octanol–water partition coefficient (Wildman–Crippen LogP) is 2.46. The average Bonchev–Trinajstić information content (AvgIpc) is 2.41. The number of hydrogen-bond donors (Lipinski definition) is 3. The second-order valence-electron chi connectivity index (χ2n) is 10.6. The minimum absolute atomic E-state index is 0.312. The fourth-order valence-electron chi connectivity index (χ4n) is 8.73. The first-order chi connectivity index (χ1) is 11.0. The molecule has 8 bridgehead atoms. The molecule has 8 fully saturated rings. The second-order valence-corrected chi connectivity index (χ2v) is 10.6. The van der Waals surface area contributed by atoms with E-state index in [1.165, 1.54) is 25.7 Å². The number of rotatable bonds is 2. The highest BCUT2D eigenvalue weighted by Crippen LogP contribution is 2.58. The topological polar surface area (TPSA) is 52.5 Å². The molecule has 128 valence electrons. The van der Waals surface area contributed by atoms with Crippen LogP contribution in [-0.4, -0.2) is 33.5 Å². The van der Waals surface area contributed by atoms with E-state index in [9.17, 15) is 10.2 Å². The zero-order valence-corrected chi connectivity index (χ0v) is 14.1. The van der Waals surface area contributed by atoms with E-state index < -0.39 is 0 Å². The van der Waals surface area contributed by atoms with Gasteiger partial charge in [0.25, 0.3) is 0 Å². The van der Waals surface area contributed by atoms with Crippen LogP contribution in [-0.2, 0) is 0 Å². The Hall–Kier alpha value is -0.120. The molecule has 3 N–H and O–H groups in total. The molecule has 0 amide bonds. The van der Waals surface area contributed by atoms with Gasteiger partial charge in [-0.15, -0.1) is 0 Å². The molecule has 8 aliphatic rings. The van der Waals surface area contributed by atoms with Crippen LogP contribution >= 0.6 is 0 Å². The van der Waals surface area contributed by atoms with Gasteiger partial charge in [-0.1, -0.05) is 0 Å². The highest BCUT2D eigenvalue weighted by atomic mass is 16.3. The number of hydrogen-bond acceptors (Lipinski definition) is 3. The van der Waals surface area contributed by atoms with Crippen molar-refractivity contribution in [1.29, 1.82) is 0 Å². The molecule has 0 radical (unpaired) electrons. The summed E-state index contributed by atoms with van der Waals surface area (Å²) in [5, 5.41) is 25.8. The molecule has 0 aliphatic heterocycles. The summed E-state index contributed by atoms with van der Waals surface area (Å²) in [5.74, 6) is 4.46. The monoisotopic (exact) mass is 317 g/mol. The van der Waals surface area contributed by atoms with E-state index in [0.29, 0.717) is 35.8 Å². The molecule has 3 heteroatoms. The first-order valence-corrected chi connectivity index (χ1v) is 10.2. The van der Waals surface area contributed by atoms with Gasteiger partial charge in [-0.2, -0.15) is 0 Å². The standard InChI is InChI=1S/C20H31NO2/c22-19-5-11-1-13(7-19)17(14(2-11)8-19)21-18-15-3-12-4-16(18)10-20(23,6-12)9-15/h11-18,21-23H,1-10H2. The Morgan fingerprint density at radius 1 is 0.565 bits per heavy atom. The van der Waals surface area contributed by atoms with Crippen LogP contribution in [0.3, 0.4) is 0 Å². The van der Waals surface area contributed by atoms with Crippen molar-refractivity contribution in [2.75, 3.05) is 0 Å². The summed E-state index contributed by atoms with van der Waals surface area (Å²) in [7, 11) is 0. The summed E-state index contributed by atoms with van der Waals surface area (Å²) in [6, 6.07) is 1.31. The van der Waals surface area contributed by atoms with Crippen molar-refractivity contribution in [3.63, 3.8) is 0 Å². The molecule has 23 heavy (non-hydrogen) atoms. The van der Waals surface area contributed by atoms with Gasteiger partial charge < -0.3 is 15.5 Å². The molecular weight excluding hydrogens is 286 g/mol. The largest absolute Gasteiger partial charge is 0.390 e. The van der Waals surface area contributed by atoms with Crippen LogP contribution in [0.15, 0.2) is 0 Å². The molecule has 0 heterocycles. The average molecular weight is 317 g/mol. The van der Waals surface area contributed by atoms with Gasteiger partial charge in [-0.05, 0) is 99.7 Å². The van der Waals surface area contributed by atoms with E-state index in [4.69, 9.17) is 0 Å². The van der Waals surface area contributed by atoms with Crippen LogP contribution in [0.4, 0.5) is 0 Å². The van der Waals surface area contributed by atoms with Crippen molar-refractivity contribution in [3.05, 3.63) is 0 Å². The maximum atomic E-state index is 10.8. The molecule has 0 aromatic carbocycles. The Kier molecular flexibility index (Phi) is 2.66. The van der Waals surface area contributed by atoms with Crippen molar-refractivity contribution in [3.8, 4) is 0 Å². The normalized spacial score (nSPS) is 65.5. The van der Waals surface area contributed by atoms with Gasteiger partial charge >= 0.3 is 0 Å². The van der Waals surface area contributed by atoms with Gasteiger partial charge in [0.05, 0.1) is 11.2 Å². The Balaban J connectivity index is 1.24. The molecule has 4 unspecified atom stereocenters. The van der Waals surface area contributed by atoms with Crippen LogP contribution in [0.2, 0.25) is 0 Å². The summed E-state index contributed by atoms with van der Waals surface area (Å²) in [6.45, 7) is 0. The molecular formula is C20H31NO2. The van der Waals surface area contributed by atoms with Crippen LogP contribution in [0.25, 0.3) is 0 Å². The van der Waals surface area contributed by atoms with Crippen LogP contribution in [0, 0.1) is 35.5 Å². The van der Waals surface area contributed by atoms with Crippen molar-refractivity contribution in [1.82, 2.24) is 5.32 Å². The molecule has 0 aromatic heterocycles. The molecule has 0 saturated heterocycles. The van der Waals surface area contributed by atoms with E-state index in [0.717, 1.165) is 50.4 Å². The number of aliphatic hydroxyl groups is 2. The zero-order chi connectivity index (χ0) is 15.4. The predicted molar refractivity (Wildman–Crippen MR) is 87.7 cm³/mol. The third-order valence-electron chi connectivity index (χ3n) is 8.87. The van der Waals surface area contributed by atoms with Gasteiger partial charge in [-0.25, -0.2) is 0 Å². The lowest BCUT2D eigenvalue weighted by Crippen LogP contribution is -2.67. The smallest absolute Gasteiger partial charge is 0.0657 e. The minimum Gasteiger partial charge on any atom is -0.390 e. The maximum absolute atomic E-state index is 10.8. The lowest BCUT2D eigenvalue weighted by molar-refractivity contribution is -0.161. The fourth-order valence-corrected chi connectivity index (χ4v) is 8.73. The fraction of sp³-hybridized carbons (Fsp3) is 1.00. The quantitative estimate of drug-likeness (QED) is 0.733. The lowest BCUT2D eigenvalue weighted by Gasteiger charge is -2.62. The molecule has 8 saturated carbocycles. The van der Waals surface area contributed by atoms with Crippen molar-refractivity contribution in [2.24, 2.45) is 35.5 Å². The summed E-state index contributed by atoms with van der Waals surface area (Å²) >= 11 is 0. The molecule has 8 rings (SSSR count). The van der Waals surface area contributed by atoms with Gasteiger partial charge in [0, 0.05) is 12.1 Å². The summed E-state index contributed by atoms with van der Waals surface area (Å²) in [6.07, 6.45) is 11.8. The van der Waals surface area contributed by atoms with Gasteiger partial charge in [0.15, 0.2) is 0 Å². The third kappa shape index (κ3) is 1.99. The van der Waals surface area contributed by atoms with Gasteiger partial charge in [0.2, 0.25) is 0 Å².